The molecule has 0 amide bonds. The van der Waals surface area contributed by atoms with E-state index in [0.29, 0.717) is 6.42 Å². The highest BCUT2D eigenvalue weighted by Gasteiger charge is 2.55. The Labute approximate surface area is 153 Å². The number of aromatic nitrogens is 2. The Bertz CT molecular complexity index is 855. The highest BCUT2D eigenvalue weighted by molar-refractivity contribution is 5.62. The minimum Gasteiger partial charge on any atom is -0.396 e. The van der Waals surface area contributed by atoms with Crippen LogP contribution in [-0.4, -0.2) is 32.7 Å². The molecule has 26 heavy (non-hydrogen) atoms. The monoisotopic (exact) mass is 356 g/mol. The molecule has 1 aromatic heterocycles. The van der Waals surface area contributed by atoms with E-state index in [2.05, 4.69) is 18.1 Å². The third kappa shape index (κ3) is 2.45. The molecule has 0 bridgehead atoms. The highest BCUT2D eigenvalue weighted by Crippen LogP contribution is 2.61. The first-order valence-electron chi connectivity index (χ1n) is 9.21. The number of rotatable bonds is 4. The van der Waals surface area contributed by atoms with E-state index in [1.165, 1.54) is 17.7 Å². The van der Waals surface area contributed by atoms with Crippen LogP contribution in [0.1, 0.15) is 44.4 Å². The van der Waals surface area contributed by atoms with Crippen LogP contribution >= 0.6 is 0 Å². The molecule has 2 aliphatic carbocycles. The fraction of sp³-hybridized carbons (Fsp3) is 0.476. The summed E-state index contributed by atoms with van der Waals surface area (Å²) in [5.74, 6) is -0.262. The Balaban J connectivity index is 1.76. The predicted octanol–water partition coefficient (Wildman–Crippen LogP) is 3.50. The van der Waals surface area contributed by atoms with Gasteiger partial charge in [-0.05, 0) is 68.5 Å². The third-order valence-corrected chi connectivity index (χ3v) is 6.55. The molecule has 2 aliphatic rings. The Morgan fingerprint density at radius 2 is 2.04 bits per heavy atom. The van der Waals surface area contributed by atoms with E-state index in [0.717, 1.165) is 36.2 Å². The fourth-order valence-corrected chi connectivity index (χ4v) is 5.03. The summed E-state index contributed by atoms with van der Waals surface area (Å²) in [6, 6.07) is 6.35. The van der Waals surface area contributed by atoms with Crippen molar-refractivity contribution in [2.75, 3.05) is 6.61 Å². The number of hydrogen-bond acceptors (Lipinski definition) is 3. The Hall–Kier alpha value is -1.98. The summed E-state index contributed by atoms with van der Waals surface area (Å²) in [4.78, 5) is 0. The summed E-state index contributed by atoms with van der Waals surface area (Å²) < 4.78 is 15.1. The second-order valence-corrected chi connectivity index (χ2v) is 8.11. The van der Waals surface area contributed by atoms with E-state index in [1.807, 2.05) is 10.9 Å². The van der Waals surface area contributed by atoms with Gasteiger partial charge in [0.15, 0.2) is 0 Å². The number of benzene rings is 1. The van der Waals surface area contributed by atoms with E-state index in [-0.39, 0.29) is 23.3 Å². The van der Waals surface area contributed by atoms with E-state index in [9.17, 15) is 14.6 Å². The number of aliphatic hydroxyl groups excluding tert-OH is 2. The largest absolute Gasteiger partial charge is 0.396 e. The maximum atomic E-state index is 13.2. The summed E-state index contributed by atoms with van der Waals surface area (Å²) in [5, 5.41) is 24.8. The second kappa shape index (κ2) is 6.03. The van der Waals surface area contributed by atoms with Gasteiger partial charge in [0.2, 0.25) is 0 Å². The van der Waals surface area contributed by atoms with E-state index in [4.69, 9.17) is 0 Å². The quantitative estimate of drug-likeness (QED) is 0.881. The van der Waals surface area contributed by atoms with E-state index in [1.54, 1.807) is 19.1 Å². The number of aliphatic hydroxyl groups is 2. The summed E-state index contributed by atoms with van der Waals surface area (Å²) in [6.45, 7) is 4.08. The maximum Gasteiger partial charge on any atom is 0.123 e. The molecule has 5 heteroatoms. The zero-order valence-electron chi connectivity index (χ0n) is 15.2. The van der Waals surface area contributed by atoms with Gasteiger partial charge in [0, 0.05) is 17.4 Å². The smallest absolute Gasteiger partial charge is 0.123 e. The van der Waals surface area contributed by atoms with Crippen molar-refractivity contribution in [2.45, 2.75) is 45.6 Å². The van der Waals surface area contributed by atoms with Gasteiger partial charge in [0.1, 0.15) is 5.82 Å². The molecular weight excluding hydrogens is 331 g/mol. The van der Waals surface area contributed by atoms with Gasteiger partial charge in [0.05, 0.1) is 23.7 Å². The predicted molar refractivity (Wildman–Crippen MR) is 98.4 cm³/mol. The average Bonchev–Trinajstić information content (AvgIpc) is 3.12. The normalized spacial score (nSPS) is 28.4. The molecule has 4 nitrogen and oxygen atoms in total. The highest BCUT2D eigenvalue weighted by atomic mass is 19.1. The van der Waals surface area contributed by atoms with Gasteiger partial charge in [-0.2, -0.15) is 5.10 Å². The van der Waals surface area contributed by atoms with Gasteiger partial charge >= 0.3 is 0 Å². The molecule has 138 valence electrons. The zero-order valence-corrected chi connectivity index (χ0v) is 15.2. The molecule has 1 saturated carbocycles. The number of halogens is 1. The van der Waals surface area contributed by atoms with Crippen molar-refractivity contribution in [2.24, 2.45) is 10.8 Å². The molecule has 0 radical (unpaired) electrons. The van der Waals surface area contributed by atoms with Crippen LogP contribution in [0.2, 0.25) is 0 Å². The summed E-state index contributed by atoms with van der Waals surface area (Å²) in [5.41, 5.74) is 3.83. The zero-order chi connectivity index (χ0) is 18.5. The lowest BCUT2D eigenvalue weighted by atomic mass is 9.59. The van der Waals surface area contributed by atoms with Crippen LogP contribution in [0.4, 0.5) is 4.39 Å². The minimum atomic E-state index is -0.443. The van der Waals surface area contributed by atoms with Gasteiger partial charge in [-0.3, -0.25) is 0 Å². The fourth-order valence-electron chi connectivity index (χ4n) is 5.03. The van der Waals surface area contributed by atoms with Crippen LogP contribution in [0, 0.1) is 16.6 Å². The molecule has 0 saturated heterocycles. The molecule has 1 aromatic carbocycles. The number of fused-ring (bicyclic) bond motifs is 2. The minimum absolute atomic E-state index is 0.0766. The van der Waals surface area contributed by atoms with Gasteiger partial charge in [-0.15, -0.1) is 0 Å². The first kappa shape index (κ1) is 17.4. The molecular formula is C21H25FN2O2. The third-order valence-electron chi connectivity index (χ3n) is 6.55. The van der Waals surface area contributed by atoms with Crippen LogP contribution in [0.15, 0.2) is 36.0 Å². The van der Waals surface area contributed by atoms with Gasteiger partial charge in [-0.1, -0.05) is 12.5 Å². The molecule has 4 rings (SSSR count). The molecule has 0 spiro atoms. The van der Waals surface area contributed by atoms with E-state index < -0.39 is 6.10 Å². The number of hydrogen-bond donors (Lipinski definition) is 2. The molecule has 2 aromatic rings. The van der Waals surface area contributed by atoms with Crippen molar-refractivity contribution in [3.8, 4) is 5.69 Å². The van der Waals surface area contributed by atoms with Crippen LogP contribution in [0.3, 0.4) is 0 Å². The topological polar surface area (TPSA) is 58.3 Å². The summed E-state index contributed by atoms with van der Waals surface area (Å²) in [7, 11) is 0. The summed E-state index contributed by atoms with van der Waals surface area (Å²) >= 11 is 0. The SMILES string of the molecule is CC(O)C[C@]1(CO)CCC2=Cc3c(cnn3-c3ccc(F)cc3)C[C@@]21C. The first-order chi connectivity index (χ1) is 12.4. The van der Waals surface area contributed by atoms with Crippen molar-refractivity contribution in [3.63, 3.8) is 0 Å². The molecule has 1 unspecified atom stereocenters. The number of allylic oxidation sites excluding steroid dienone is 1. The Morgan fingerprint density at radius 3 is 2.69 bits per heavy atom. The van der Waals surface area contributed by atoms with E-state index >= 15 is 0 Å². The second-order valence-electron chi connectivity index (χ2n) is 8.11. The van der Waals surface area contributed by atoms with Crippen LogP contribution in [0.5, 0.6) is 0 Å². The van der Waals surface area contributed by atoms with Gasteiger partial charge < -0.3 is 10.2 Å². The molecule has 1 fully saturated rings. The Kier molecular flexibility index (Phi) is 4.04. The lowest BCUT2D eigenvalue weighted by Crippen LogP contribution is -2.43. The van der Waals surface area contributed by atoms with Crippen LogP contribution in [-0.2, 0) is 6.42 Å². The van der Waals surface area contributed by atoms with Crippen molar-refractivity contribution in [1.82, 2.24) is 9.78 Å². The maximum absolute atomic E-state index is 13.2. The van der Waals surface area contributed by atoms with Crippen LogP contribution in [0.25, 0.3) is 11.8 Å². The lowest BCUT2D eigenvalue weighted by molar-refractivity contribution is -0.00834. The first-order valence-corrected chi connectivity index (χ1v) is 9.21. The standard InChI is InChI=1S/C21H25FN2O2/c1-14(26)10-21(13-25)8-7-16-9-19-15(11-20(16,21)2)12-23-24(19)18-5-3-17(22)4-6-18/h3-6,9,12,14,25-26H,7-8,10-11,13H2,1-2H3/t14?,20-,21-/m0/s1. The van der Waals surface area contributed by atoms with Crippen molar-refractivity contribution >= 4 is 6.08 Å². The van der Waals surface area contributed by atoms with Crippen molar-refractivity contribution in [1.29, 1.82) is 0 Å². The van der Waals surface area contributed by atoms with Gasteiger partial charge in [0.25, 0.3) is 0 Å². The lowest BCUT2D eigenvalue weighted by Gasteiger charge is -2.46. The van der Waals surface area contributed by atoms with Crippen molar-refractivity contribution < 1.29 is 14.6 Å². The number of nitrogens with zero attached hydrogens (tertiary/aromatic N) is 2. The molecule has 3 atom stereocenters. The van der Waals surface area contributed by atoms with Gasteiger partial charge in [-0.25, -0.2) is 9.07 Å². The molecule has 1 heterocycles. The summed E-state index contributed by atoms with van der Waals surface area (Å²) in [6.07, 6.45) is 6.81. The average molecular weight is 356 g/mol. The molecule has 0 aliphatic heterocycles. The van der Waals surface area contributed by atoms with Crippen molar-refractivity contribution in [3.05, 3.63) is 53.1 Å². The molecule has 2 N–H and O–H groups in total. The Morgan fingerprint density at radius 1 is 1.31 bits per heavy atom. The van der Waals surface area contributed by atoms with Crippen LogP contribution < -0.4 is 0 Å².